The Bertz CT molecular complexity index is 1290. The molecule has 1 fully saturated rings. The Morgan fingerprint density at radius 1 is 1.11 bits per heavy atom. The first-order chi connectivity index (χ1) is 18.0. The van der Waals surface area contributed by atoms with Crippen LogP contribution in [0.4, 0.5) is 13.2 Å². The Kier molecular flexibility index (Phi) is 6.97. The molecule has 0 amide bonds. The predicted molar refractivity (Wildman–Crippen MR) is 138 cm³/mol. The molecule has 2 aromatic carbocycles. The first-order valence-electron chi connectivity index (χ1n) is 12.7. The second-order valence-corrected chi connectivity index (χ2v) is 10.7. The average Bonchev–Trinajstić information content (AvgIpc) is 3.25. The van der Waals surface area contributed by atoms with Gasteiger partial charge in [0.2, 0.25) is 0 Å². The van der Waals surface area contributed by atoms with Gasteiger partial charge in [-0.05, 0) is 43.3 Å². The molecule has 1 aliphatic heterocycles. The SMILES string of the molecule is CCCCN(C)C[C@H]1[C@@H](O)[C@@]2(O)c3ncc(Cl)cc3O[C@@]2(c2ccc(C(F)(F)F)cc2)[C@@H]1c1ccccc1. The topological polar surface area (TPSA) is 65.8 Å². The van der Waals surface area contributed by atoms with Crippen molar-refractivity contribution in [2.45, 2.75) is 49.2 Å². The Balaban J connectivity index is 1.74. The van der Waals surface area contributed by atoms with Crippen molar-refractivity contribution >= 4 is 11.6 Å². The van der Waals surface area contributed by atoms with E-state index in [2.05, 4.69) is 16.8 Å². The van der Waals surface area contributed by atoms with E-state index in [1.54, 1.807) is 0 Å². The van der Waals surface area contributed by atoms with Gasteiger partial charge in [0.05, 0.1) is 16.7 Å². The summed E-state index contributed by atoms with van der Waals surface area (Å²) >= 11 is 6.21. The van der Waals surface area contributed by atoms with Gasteiger partial charge in [-0.1, -0.05) is 67.4 Å². The number of halogens is 4. The van der Waals surface area contributed by atoms with Crippen molar-refractivity contribution in [3.8, 4) is 5.75 Å². The molecule has 202 valence electrons. The highest BCUT2D eigenvalue weighted by molar-refractivity contribution is 6.30. The van der Waals surface area contributed by atoms with Crippen molar-refractivity contribution in [1.82, 2.24) is 9.88 Å². The molecule has 5 atom stereocenters. The van der Waals surface area contributed by atoms with E-state index in [0.717, 1.165) is 37.1 Å². The van der Waals surface area contributed by atoms with E-state index in [1.807, 2.05) is 37.4 Å². The fourth-order valence-corrected chi connectivity index (χ4v) is 6.41. The quantitative estimate of drug-likeness (QED) is 0.396. The number of aliphatic hydroxyl groups is 2. The number of fused-ring (bicyclic) bond motifs is 3. The Labute approximate surface area is 224 Å². The van der Waals surface area contributed by atoms with Crippen LogP contribution in [0.5, 0.6) is 5.75 Å². The molecule has 5 nitrogen and oxygen atoms in total. The van der Waals surface area contributed by atoms with Gasteiger partial charge in [0, 0.05) is 30.6 Å². The number of alkyl halides is 3. The van der Waals surface area contributed by atoms with Gasteiger partial charge >= 0.3 is 6.18 Å². The second kappa shape index (κ2) is 9.83. The van der Waals surface area contributed by atoms with E-state index in [1.165, 1.54) is 24.4 Å². The van der Waals surface area contributed by atoms with Crippen molar-refractivity contribution in [2.24, 2.45) is 5.92 Å². The minimum absolute atomic E-state index is 0.119. The largest absolute Gasteiger partial charge is 0.476 e. The zero-order valence-electron chi connectivity index (χ0n) is 21.1. The maximum atomic E-state index is 13.5. The zero-order valence-corrected chi connectivity index (χ0v) is 21.9. The fourth-order valence-electron chi connectivity index (χ4n) is 6.26. The molecule has 0 spiro atoms. The lowest BCUT2D eigenvalue weighted by atomic mass is 9.71. The van der Waals surface area contributed by atoms with Crippen LogP contribution < -0.4 is 4.74 Å². The van der Waals surface area contributed by atoms with Crippen molar-refractivity contribution in [3.05, 3.63) is 94.3 Å². The van der Waals surface area contributed by atoms with Gasteiger partial charge in [-0.2, -0.15) is 13.2 Å². The molecule has 2 heterocycles. The van der Waals surface area contributed by atoms with Crippen LogP contribution in [0.15, 0.2) is 66.9 Å². The highest BCUT2D eigenvalue weighted by Crippen LogP contribution is 2.68. The van der Waals surface area contributed by atoms with Gasteiger partial charge in [-0.25, -0.2) is 0 Å². The maximum Gasteiger partial charge on any atom is 0.416 e. The van der Waals surface area contributed by atoms with Gasteiger partial charge in [-0.15, -0.1) is 0 Å². The first-order valence-corrected chi connectivity index (χ1v) is 13.1. The number of aromatic nitrogens is 1. The third-order valence-electron chi connectivity index (χ3n) is 7.93. The molecule has 1 aromatic heterocycles. The number of hydrogen-bond acceptors (Lipinski definition) is 5. The molecule has 9 heteroatoms. The zero-order chi connectivity index (χ0) is 27.3. The number of benzene rings is 2. The Hall–Kier alpha value is -2.65. The summed E-state index contributed by atoms with van der Waals surface area (Å²) in [5, 5.41) is 24.8. The average molecular weight is 547 g/mol. The molecule has 5 rings (SSSR count). The summed E-state index contributed by atoms with van der Waals surface area (Å²) in [6.45, 7) is 3.31. The summed E-state index contributed by atoms with van der Waals surface area (Å²) in [7, 11) is 1.96. The van der Waals surface area contributed by atoms with Crippen molar-refractivity contribution in [2.75, 3.05) is 20.1 Å². The maximum absolute atomic E-state index is 13.5. The highest BCUT2D eigenvalue weighted by atomic mass is 35.5. The molecule has 2 aliphatic rings. The minimum Gasteiger partial charge on any atom is -0.476 e. The van der Waals surface area contributed by atoms with E-state index in [-0.39, 0.29) is 16.5 Å². The molecule has 2 N–H and O–H groups in total. The monoisotopic (exact) mass is 546 g/mol. The number of pyridine rings is 1. The van der Waals surface area contributed by atoms with Crippen LogP contribution in [0.25, 0.3) is 0 Å². The molecular formula is C29H30ClF3N2O3. The van der Waals surface area contributed by atoms with E-state index in [4.69, 9.17) is 16.3 Å². The predicted octanol–water partition coefficient (Wildman–Crippen LogP) is 5.74. The van der Waals surface area contributed by atoms with Crippen molar-refractivity contribution < 1.29 is 28.1 Å². The molecule has 0 unspecified atom stereocenters. The molecule has 3 aromatic rings. The lowest BCUT2D eigenvalue weighted by molar-refractivity contribution is -0.153. The van der Waals surface area contributed by atoms with E-state index < -0.39 is 40.9 Å². The summed E-state index contributed by atoms with van der Waals surface area (Å²) < 4.78 is 47.0. The molecule has 1 saturated carbocycles. The Morgan fingerprint density at radius 2 is 1.79 bits per heavy atom. The van der Waals surface area contributed by atoms with Gasteiger partial charge < -0.3 is 19.8 Å². The minimum atomic E-state index is -4.53. The summed E-state index contributed by atoms with van der Waals surface area (Å²) in [5.41, 5.74) is -3.31. The van der Waals surface area contributed by atoms with Crippen LogP contribution in [-0.4, -0.2) is 46.3 Å². The molecule has 0 bridgehead atoms. The molecular weight excluding hydrogens is 517 g/mol. The highest BCUT2D eigenvalue weighted by Gasteiger charge is 2.76. The number of aliphatic hydroxyl groups excluding tert-OH is 1. The van der Waals surface area contributed by atoms with Gasteiger partial charge in [-0.3, -0.25) is 4.98 Å². The van der Waals surface area contributed by atoms with Crippen LogP contribution in [0, 0.1) is 5.92 Å². The van der Waals surface area contributed by atoms with Crippen LogP contribution in [-0.2, 0) is 17.4 Å². The summed E-state index contributed by atoms with van der Waals surface area (Å²) in [6.07, 6.45) is -2.53. The lowest BCUT2D eigenvalue weighted by Gasteiger charge is -2.40. The van der Waals surface area contributed by atoms with Crippen LogP contribution in [0.2, 0.25) is 5.02 Å². The molecule has 1 aliphatic carbocycles. The van der Waals surface area contributed by atoms with Gasteiger partial charge in [0.25, 0.3) is 0 Å². The first kappa shape index (κ1) is 26.9. The fraction of sp³-hybridized carbons (Fsp3) is 0.414. The van der Waals surface area contributed by atoms with E-state index in [0.29, 0.717) is 12.1 Å². The van der Waals surface area contributed by atoms with E-state index in [9.17, 15) is 23.4 Å². The van der Waals surface area contributed by atoms with Crippen LogP contribution in [0.1, 0.15) is 48.1 Å². The van der Waals surface area contributed by atoms with Crippen LogP contribution in [0.3, 0.4) is 0 Å². The van der Waals surface area contributed by atoms with Crippen molar-refractivity contribution in [1.29, 1.82) is 0 Å². The number of ether oxygens (including phenoxy) is 1. The third kappa shape index (κ3) is 4.09. The lowest BCUT2D eigenvalue weighted by Crippen LogP contribution is -2.52. The van der Waals surface area contributed by atoms with Gasteiger partial charge in [0.1, 0.15) is 11.4 Å². The summed E-state index contributed by atoms with van der Waals surface area (Å²) in [5.74, 6) is -0.965. The third-order valence-corrected chi connectivity index (χ3v) is 8.14. The summed E-state index contributed by atoms with van der Waals surface area (Å²) in [6, 6.07) is 15.5. The van der Waals surface area contributed by atoms with Gasteiger partial charge in [0.15, 0.2) is 11.2 Å². The standard InChI is InChI=1S/C29H30ClF3N2O3/c1-3-4-14-35(2)17-22-24(18-8-6-5-7-9-18)28(19-10-12-20(13-11-19)29(31,32)33)27(37,26(22)36)25-23(38-28)15-21(30)16-34-25/h5-13,15-16,22,24,26,36-37H,3-4,14,17H2,1-2H3/t22-,24-,26-,27+,28+/m1/s1. The van der Waals surface area contributed by atoms with Crippen LogP contribution >= 0.6 is 11.6 Å². The number of rotatable bonds is 7. The second-order valence-electron chi connectivity index (χ2n) is 10.3. The number of hydrogen-bond donors (Lipinski definition) is 2. The normalized spacial score (nSPS) is 28.3. The molecule has 38 heavy (non-hydrogen) atoms. The van der Waals surface area contributed by atoms with Crippen molar-refractivity contribution in [3.63, 3.8) is 0 Å². The molecule has 0 radical (unpaired) electrons. The number of nitrogens with zero attached hydrogens (tertiary/aromatic N) is 2. The Morgan fingerprint density at radius 3 is 2.42 bits per heavy atom. The number of unbranched alkanes of at least 4 members (excludes halogenated alkanes) is 1. The summed E-state index contributed by atoms with van der Waals surface area (Å²) in [4.78, 5) is 6.49. The molecule has 0 saturated heterocycles. The van der Waals surface area contributed by atoms with E-state index >= 15 is 0 Å². The smallest absolute Gasteiger partial charge is 0.416 e.